The fourth-order valence-corrected chi connectivity index (χ4v) is 5.30. The number of aryl methyl sites for hydroxylation is 2. The Morgan fingerprint density at radius 2 is 1.85 bits per heavy atom. The number of methoxy groups -OCH3 is 1. The van der Waals surface area contributed by atoms with Crippen molar-refractivity contribution < 1.29 is 37.6 Å². The second-order valence-electron chi connectivity index (χ2n) is 11.4. The van der Waals surface area contributed by atoms with Gasteiger partial charge in [-0.1, -0.05) is 18.1 Å². The lowest BCUT2D eigenvalue weighted by atomic mass is 10.1. The molecule has 0 radical (unpaired) electrons. The molecule has 0 aliphatic carbocycles. The number of rotatable bonds is 5. The highest BCUT2D eigenvalue weighted by Crippen LogP contribution is 2.34. The molecule has 3 N–H and O–H groups in total. The summed E-state index contributed by atoms with van der Waals surface area (Å²) in [5, 5.41) is 12.3. The first kappa shape index (κ1) is 34.9. The molecule has 252 valence electrons. The molecule has 12 nitrogen and oxygen atoms in total. The van der Waals surface area contributed by atoms with Gasteiger partial charge >= 0.3 is 0 Å². The second-order valence-corrected chi connectivity index (χ2v) is 11.4. The number of amides is 4. The number of hydrogen-bond acceptors (Lipinski definition) is 8. The van der Waals surface area contributed by atoms with Crippen LogP contribution in [0, 0.1) is 19.7 Å². The fraction of sp³-hybridized carbons (Fsp3) is 0.441. The Hall–Kier alpha value is -4.94. The van der Waals surface area contributed by atoms with Gasteiger partial charge in [0.2, 0.25) is 17.7 Å². The molecule has 4 amide bonds. The Labute approximate surface area is 273 Å². The minimum atomic E-state index is -0.771. The maximum Gasteiger partial charge on any atom is 0.251 e. The number of hydrogen-bond donors (Lipinski definition) is 3. The maximum absolute atomic E-state index is 15.0. The van der Waals surface area contributed by atoms with Crippen molar-refractivity contribution in [3.63, 3.8) is 0 Å². The van der Waals surface area contributed by atoms with Crippen LogP contribution in [0.5, 0.6) is 17.2 Å². The standard InChI is InChI=1S/C34H42FN5O7/c1-5-27-34(44)37-20-23-9-12-28(26(35)18-23)46-30-19-24(10-13-29(30)45-4)33(43)36-15-7-17-40(16-6-8-31(41)38-27)32(42)14-11-25-21(2)39-47-22(25)3/h9-10,12-13,18-19,27H,5-8,11,14-17,20H2,1-4H3,(H,36,43)(H,37,44)(H,38,41)/t27-/m0/s1. The van der Waals surface area contributed by atoms with E-state index in [1.807, 2.05) is 13.8 Å². The minimum Gasteiger partial charge on any atom is -0.493 e. The highest BCUT2D eigenvalue weighted by molar-refractivity contribution is 5.95. The average molecular weight is 652 g/mol. The van der Waals surface area contributed by atoms with Crippen molar-refractivity contribution in [2.75, 3.05) is 26.7 Å². The average Bonchev–Trinajstić information content (AvgIpc) is 3.38. The molecule has 0 unspecified atom stereocenters. The molecular weight excluding hydrogens is 609 g/mol. The van der Waals surface area contributed by atoms with Gasteiger partial charge in [-0.15, -0.1) is 0 Å². The van der Waals surface area contributed by atoms with E-state index in [0.29, 0.717) is 55.8 Å². The van der Waals surface area contributed by atoms with E-state index in [0.717, 1.165) is 11.3 Å². The van der Waals surface area contributed by atoms with Gasteiger partial charge in [-0.25, -0.2) is 4.39 Å². The van der Waals surface area contributed by atoms with Crippen molar-refractivity contribution >= 4 is 23.6 Å². The number of carbonyl (C=O) groups excluding carboxylic acids is 4. The minimum absolute atomic E-state index is 0.0341. The summed E-state index contributed by atoms with van der Waals surface area (Å²) in [6.45, 7) is 6.41. The summed E-state index contributed by atoms with van der Waals surface area (Å²) in [6.07, 6.45) is 2.02. The fourth-order valence-electron chi connectivity index (χ4n) is 5.30. The van der Waals surface area contributed by atoms with Crippen LogP contribution in [0.2, 0.25) is 0 Å². The molecule has 2 aliphatic heterocycles. The largest absolute Gasteiger partial charge is 0.493 e. The highest BCUT2D eigenvalue weighted by atomic mass is 19.1. The zero-order valence-corrected chi connectivity index (χ0v) is 27.2. The van der Waals surface area contributed by atoms with Crippen LogP contribution in [0.1, 0.15) is 72.0 Å². The molecule has 4 bridgehead atoms. The Kier molecular flexibility index (Phi) is 12.3. The maximum atomic E-state index is 15.0. The van der Waals surface area contributed by atoms with Crippen LogP contribution < -0.4 is 25.4 Å². The van der Waals surface area contributed by atoms with Gasteiger partial charge in [0.15, 0.2) is 23.1 Å². The number of nitrogens with one attached hydrogen (secondary N) is 3. The van der Waals surface area contributed by atoms with Crippen molar-refractivity contribution in [1.82, 2.24) is 26.0 Å². The topological polar surface area (TPSA) is 152 Å². The molecule has 3 heterocycles. The molecule has 0 spiro atoms. The first-order valence-electron chi connectivity index (χ1n) is 15.8. The van der Waals surface area contributed by atoms with Crippen molar-refractivity contribution in [3.8, 4) is 17.2 Å². The van der Waals surface area contributed by atoms with E-state index in [1.54, 1.807) is 30.0 Å². The van der Waals surface area contributed by atoms with Crippen molar-refractivity contribution in [1.29, 1.82) is 0 Å². The molecule has 2 aliphatic rings. The van der Waals surface area contributed by atoms with E-state index in [1.165, 1.54) is 25.3 Å². The van der Waals surface area contributed by atoms with Crippen molar-refractivity contribution in [2.24, 2.45) is 0 Å². The monoisotopic (exact) mass is 651 g/mol. The van der Waals surface area contributed by atoms with Gasteiger partial charge < -0.3 is 34.8 Å². The van der Waals surface area contributed by atoms with E-state index in [-0.39, 0.29) is 60.7 Å². The molecular formula is C34H42FN5O7. The molecule has 3 aromatic rings. The second kappa shape index (κ2) is 16.6. The molecule has 2 aromatic carbocycles. The molecule has 0 saturated carbocycles. The third kappa shape index (κ3) is 9.53. The normalized spacial score (nSPS) is 16.9. The Morgan fingerprint density at radius 3 is 2.55 bits per heavy atom. The van der Waals surface area contributed by atoms with E-state index < -0.39 is 17.8 Å². The zero-order chi connectivity index (χ0) is 33.9. The van der Waals surface area contributed by atoms with Crippen LogP contribution in [0.4, 0.5) is 4.39 Å². The molecule has 1 atom stereocenters. The summed E-state index contributed by atoms with van der Waals surface area (Å²) in [4.78, 5) is 53.7. The number of halogens is 1. The van der Waals surface area contributed by atoms with Crippen LogP contribution >= 0.6 is 0 Å². The van der Waals surface area contributed by atoms with E-state index in [9.17, 15) is 19.2 Å². The summed E-state index contributed by atoms with van der Waals surface area (Å²) in [5.41, 5.74) is 2.41. The van der Waals surface area contributed by atoms with Gasteiger partial charge in [0.05, 0.1) is 12.8 Å². The summed E-state index contributed by atoms with van der Waals surface area (Å²) < 4.78 is 31.4. The summed E-state index contributed by atoms with van der Waals surface area (Å²) in [5.74, 6) is -0.807. The van der Waals surface area contributed by atoms with Gasteiger partial charge in [-0.05, 0) is 75.4 Å². The SMILES string of the molecule is CC[C@@H]1NC(=O)CCCN(C(=O)CCc2c(C)noc2C)CCCNC(=O)c2ccc(OC)c(c2)Oc2ccc(cc2F)CNC1=O. The molecule has 5 rings (SSSR count). The quantitative estimate of drug-likeness (QED) is 0.373. The van der Waals surface area contributed by atoms with E-state index in [4.69, 9.17) is 14.0 Å². The molecule has 1 aromatic heterocycles. The van der Waals surface area contributed by atoms with Crippen molar-refractivity contribution in [2.45, 2.75) is 71.9 Å². The number of nitrogens with zero attached hydrogens (tertiary/aromatic N) is 2. The van der Waals surface area contributed by atoms with Crippen LogP contribution in [-0.2, 0) is 27.3 Å². The first-order chi connectivity index (χ1) is 22.6. The molecule has 13 heteroatoms. The number of fused-ring (bicyclic) bond motifs is 16. The molecule has 0 saturated heterocycles. The Bertz CT molecular complexity index is 1570. The molecule has 0 fully saturated rings. The summed E-state index contributed by atoms with van der Waals surface area (Å²) in [6, 6.07) is 8.12. The molecule has 47 heavy (non-hydrogen) atoms. The first-order valence-corrected chi connectivity index (χ1v) is 15.8. The van der Waals surface area contributed by atoms with Gasteiger partial charge in [0.1, 0.15) is 11.8 Å². The number of benzene rings is 2. The number of carbonyl (C=O) groups is 4. The highest BCUT2D eigenvalue weighted by Gasteiger charge is 2.21. The predicted molar refractivity (Wildman–Crippen MR) is 171 cm³/mol. The van der Waals surface area contributed by atoms with Gasteiger partial charge in [0.25, 0.3) is 5.91 Å². The lowest BCUT2D eigenvalue weighted by molar-refractivity contribution is -0.132. The Morgan fingerprint density at radius 1 is 1.06 bits per heavy atom. The van der Waals surface area contributed by atoms with Gasteiger partial charge in [0, 0.05) is 50.1 Å². The zero-order valence-electron chi connectivity index (χ0n) is 27.2. The van der Waals surface area contributed by atoms with Gasteiger partial charge in [-0.2, -0.15) is 0 Å². The Balaban J connectivity index is 1.52. The van der Waals surface area contributed by atoms with Crippen LogP contribution in [0.3, 0.4) is 0 Å². The number of aromatic nitrogens is 1. The van der Waals surface area contributed by atoms with Crippen LogP contribution in [0.15, 0.2) is 40.9 Å². The smallest absolute Gasteiger partial charge is 0.251 e. The van der Waals surface area contributed by atoms with Gasteiger partial charge in [-0.3, -0.25) is 19.2 Å². The summed E-state index contributed by atoms with van der Waals surface area (Å²) in [7, 11) is 1.44. The lowest BCUT2D eigenvalue weighted by Gasteiger charge is -2.23. The third-order valence-corrected chi connectivity index (χ3v) is 8.01. The number of ether oxygens (including phenoxy) is 2. The predicted octanol–water partition coefficient (Wildman–Crippen LogP) is 4.12. The van der Waals surface area contributed by atoms with Crippen LogP contribution in [0.25, 0.3) is 0 Å². The lowest BCUT2D eigenvalue weighted by Crippen LogP contribution is -2.46. The van der Waals surface area contributed by atoms with Crippen LogP contribution in [-0.4, -0.2) is 66.5 Å². The third-order valence-electron chi connectivity index (χ3n) is 8.01. The summed E-state index contributed by atoms with van der Waals surface area (Å²) >= 11 is 0. The van der Waals surface area contributed by atoms with Crippen molar-refractivity contribution in [3.05, 3.63) is 70.4 Å². The van der Waals surface area contributed by atoms with E-state index in [2.05, 4.69) is 21.1 Å². The van der Waals surface area contributed by atoms with E-state index >= 15 is 4.39 Å².